The van der Waals surface area contributed by atoms with Crippen molar-refractivity contribution in [1.29, 1.82) is 0 Å². The van der Waals surface area contributed by atoms with E-state index in [4.69, 9.17) is 16.3 Å². The minimum Gasteiger partial charge on any atom is -0.444 e. The number of imidazole rings is 1. The average molecular weight is 315 g/mol. The number of carbonyl (C=O) groups excluding carboxylic acids is 1. The summed E-state index contributed by atoms with van der Waals surface area (Å²) in [6.07, 6.45) is 0.206. The zero-order valence-electron chi connectivity index (χ0n) is 12.1. The minimum atomic E-state index is -0.425. The van der Waals surface area contributed by atoms with Crippen molar-refractivity contribution >= 4 is 28.7 Å². The first-order valence-corrected chi connectivity index (χ1v) is 7.44. The standard InChI is InChI=1S/C17H15ClN2O2/c1-2-16-19-14-10-13(18)8-9-15(14)20(16)17(21)22-11-12-6-4-3-5-7-12/h3-10H,2,11H2,1H3. The van der Waals surface area contributed by atoms with E-state index in [2.05, 4.69) is 4.98 Å². The molecule has 0 aliphatic rings. The first-order chi connectivity index (χ1) is 10.7. The molecule has 0 aliphatic carbocycles. The molecular weight excluding hydrogens is 300 g/mol. The highest BCUT2D eigenvalue weighted by Gasteiger charge is 2.17. The topological polar surface area (TPSA) is 44.1 Å². The molecule has 0 saturated heterocycles. The summed E-state index contributed by atoms with van der Waals surface area (Å²) in [5.74, 6) is 0.662. The molecule has 0 spiro atoms. The van der Waals surface area contributed by atoms with E-state index in [0.717, 1.165) is 5.56 Å². The van der Waals surface area contributed by atoms with Gasteiger partial charge < -0.3 is 4.74 Å². The molecule has 3 aromatic rings. The number of aromatic nitrogens is 2. The van der Waals surface area contributed by atoms with Crippen molar-refractivity contribution in [2.45, 2.75) is 20.0 Å². The Morgan fingerprint density at radius 3 is 2.73 bits per heavy atom. The van der Waals surface area contributed by atoms with Gasteiger partial charge in [0.05, 0.1) is 11.0 Å². The number of hydrogen-bond donors (Lipinski definition) is 0. The van der Waals surface area contributed by atoms with Crippen molar-refractivity contribution in [3.63, 3.8) is 0 Å². The number of carbonyl (C=O) groups is 1. The lowest BCUT2D eigenvalue weighted by molar-refractivity contribution is 0.141. The van der Waals surface area contributed by atoms with Crippen LogP contribution >= 0.6 is 11.6 Å². The van der Waals surface area contributed by atoms with E-state index in [1.54, 1.807) is 18.2 Å². The molecule has 5 heteroatoms. The van der Waals surface area contributed by atoms with Crippen molar-refractivity contribution in [3.05, 3.63) is 64.9 Å². The van der Waals surface area contributed by atoms with Crippen LogP contribution in [-0.4, -0.2) is 15.6 Å². The van der Waals surface area contributed by atoms with Crippen LogP contribution in [0.1, 0.15) is 18.3 Å². The van der Waals surface area contributed by atoms with Gasteiger partial charge in [-0.2, -0.15) is 0 Å². The number of rotatable bonds is 3. The number of ether oxygens (including phenoxy) is 1. The van der Waals surface area contributed by atoms with E-state index in [9.17, 15) is 4.79 Å². The first-order valence-electron chi connectivity index (χ1n) is 7.07. The summed E-state index contributed by atoms with van der Waals surface area (Å²) in [5, 5.41) is 0.595. The Balaban J connectivity index is 1.89. The fourth-order valence-corrected chi connectivity index (χ4v) is 2.49. The third kappa shape index (κ3) is 2.83. The van der Waals surface area contributed by atoms with Gasteiger partial charge in [-0.05, 0) is 23.8 Å². The molecule has 0 atom stereocenters. The van der Waals surface area contributed by atoms with Gasteiger partial charge in [0.2, 0.25) is 0 Å². The smallest absolute Gasteiger partial charge is 0.420 e. The van der Waals surface area contributed by atoms with E-state index in [1.807, 2.05) is 37.3 Å². The van der Waals surface area contributed by atoms with Gasteiger partial charge in [-0.25, -0.2) is 14.3 Å². The number of benzene rings is 2. The van der Waals surface area contributed by atoms with E-state index in [-0.39, 0.29) is 6.61 Å². The summed E-state index contributed by atoms with van der Waals surface area (Å²) in [7, 11) is 0. The van der Waals surface area contributed by atoms with Gasteiger partial charge in [-0.3, -0.25) is 0 Å². The maximum Gasteiger partial charge on any atom is 0.420 e. The SMILES string of the molecule is CCc1nc2cc(Cl)ccc2n1C(=O)OCc1ccccc1. The summed E-state index contributed by atoms with van der Waals surface area (Å²) in [4.78, 5) is 16.9. The van der Waals surface area contributed by atoms with E-state index >= 15 is 0 Å². The van der Waals surface area contributed by atoms with Crippen LogP contribution in [-0.2, 0) is 17.8 Å². The molecule has 0 bridgehead atoms. The van der Waals surface area contributed by atoms with Crippen molar-refractivity contribution in [2.75, 3.05) is 0 Å². The lowest BCUT2D eigenvalue weighted by Gasteiger charge is -2.08. The van der Waals surface area contributed by atoms with Gasteiger partial charge >= 0.3 is 6.09 Å². The number of aryl methyl sites for hydroxylation is 1. The second kappa shape index (κ2) is 6.20. The van der Waals surface area contributed by atoms with Crippen molar-refractivity contribution in [2.24, 2.45) is 0 Å². The van der Waals surface area contributed by atoms with Crippen LogP contribution in [0.4, 0.5) is 4.79 Å². The predicted molar refractivity (Wildman–Crippen MR) is 86.1 cm³/mol. The fourth-order valence-electron chi connectivity index (χ4n) is 2.33. The molecule has 0 amide bonds. The molecule has 0 saturated carbocycles. The minimum absolute atomic E-state index is 0.232. The number of fused-ring (bicyclic) bond motifs is 1. The summed E-state index contributed by atoms with van der Waals surface area (Å²) in [6.45, 7) is 2.18. The molecule has 4 nitrogen and oxygen atoms in total. The normalized spacial score (nSPS) is 10.8. The summed E-state index contributed by atoms with van der Waals surface area (Å²) < 4.78 is 6.91. The van der Waals surface area contributed by atoms with Gasteiger partial charge in [0.25, 0.3) is 0 Å². The van der Waals surface area contributed by atoms with Gasteiger partial charge in [0.15, 0.2) is 0 Å². The first kappa shape index (κ1) is 14.6. The molecule has 0 fully saturated rings. The average Bonchev–Trinajstić information content (AvgIpc) is 2.91. The van der Waals surface area contributed by atoms with Crippen molar-refractivity contribution < 1.29 is 9.53 Å². The molecule has 1 aromatic heterocycles. The van der Waals surface area contributed by atoms with Crippen LogP contribution in [0.15, 0.2) is 48.5 Å². The Kier molecular flexibility index (Phi) is 4.11. The van der Waals surface area contributed by atoms with Crippen LogP contribution in [0, 0.1) is 0 Å². The van der Waals surface area contributed by atoms with Crippen LogP contribution < -0.4 is 0 Å². The zero-order chi connectivity index (χ0) is 15.5. The van der Waals surface area contributed by atoms with E-state index in [1.165, 1.54) is 4.57 Å². The third-order valence-electron chi connectivity index (χ3n) is 3.39. The fraction of sp³-hybridized carbons (Fsp3) is 0.176. The zero-order valence-corrected chi connectivity index (χ0v) is 12.9. The highest BCUT2D eigenvalue weighted by Crippen LogP contribution is 2.21. The highest BCUT2D eigenvalue weighted by atomic mass is 35.5. The molecule has 2 aromatic carbocycles. The van der Waals surface area contributed by atoms with E-state index < -0.39 is 6.09 Å². The van der Waals surface area contributed by atoms with Gasteiger partial charge in [0.1, 0.15) is 12.4 Å². The Morgan fingerprint density at radius 1 is 1.23 bits per heavy atom. The lowest BCUT2D eigenvalue weighted by atomic mass is 10.2. The van der Waals surface area contributed by atoms with E-state index in [0.29, 0.717) is 28.3 Å². The molecule has 22 heavy (non-hydrogen) atoms. The van der Waals surface area contributed by atoms with Crippen LogP contribution in [0.5, 0.6) is 0 Å². The van der Waals surface area contributed by atoms with Gasteiger partial charge in [-0.15, -0.1) is 0 Å². The Bertz CT molecular complexity index is 812. The highest BCUT2D eigenvalue weighted by molar-refractivity contribution is 6.31. The molecule has 0 N–H and O–H groups in total. The Labute approximate surface area is 133 Å². The number of nitrogens with zero attached hydrogens (tertiary/aromatic N) is 2. The molecule has 112 valence electrons. The van der Waals surface area contributed by atoms with Crippen LogP contribution in [0.3, 0.4) is 0 Å². The molecule has 0 aliphatic heterocycles. The van der Waals surface area contributed by atoms with Crippen LogP contribution in [0.25, 0.3) is 11.0 Å². The summed E-state index contributed by atoms with van der Waals surface area (Å²) >= 11 is 5.98. The van der Waals surface area contributed by atoms with Gasteiger partial charge in [-0.1, -0.05) is 48.9 Å². The molecule has 3 rings (SSSR count). The maximum atomic E-state index is 12.4. The quantitative estimate of drug-likeness (QED) is 0.718. The monoisotopic (exact) mass is 314 g/mol. The summed E-state index contributed by atoms with van der Waals surface area (Å²) in [5.41, 5.74) is 2.35. The lowest BCUT2D eigenvalue weighted by Crippen LogP contribution is -2.16. The molecular formula is C17H15ClN2O2. The third-order valence-corrected chi connectivity index (χ3v) is 3.63. The Morgan fingerprint density at radius 2 is 2.00 bits per heavy atom. The predicted octanol–water partition coefficient (Wildman–Crippen LogP) is 4.44. The Hall–Kier alpha value is -2.33. The second-order valence-corrected chi connectivity index (χ2v) is 5.33. The molecule has 0 unspecified atom stereocenters. The number of hydrogen-bond acceptors (Lipinski definition) is 3. The second-order valence-electron chi connectivity index (χ2n) is 4.89. The summed E-state index contributed by atoms with van der Waals surface area (Å²) in [6, 6.07) is 14.9. The van der Waals surface area contributed by atoms with Crippen LogP contribution in [0.2, 0.25) is 5.02 Å². The molecule has 1 heterocycles. The largest absolute Gasteiger partial charge is 0.444 e. The number of halogens is 1. The molecule has 0 radical (unpaired) electrons. The van der Waals surface area contributed by atoms with Gasteiger partial charge in [0, 0.05) is 11.4 Å². The van der Waals surface area contributed by atoms with Crippen molar-refractivity contribution in [3.8, 4) is 0 Å². The van der Waals surface area contributed by atoms with Crippen molar-refractivity contribution in [1.82, 2.24) is 9.55 Å². The maximum absolute atomic E-state index is 12.4.